The van der Waals surface area contributed by atoms with Gasteiger partial charge in [0.25, 0.3) is 0 Å². The normalized spacial score (nSPS) is 14.0. The van der Waals surface area contributed by atoms with E-state index in [0.29, 0.717) is 24.2 Å². The van der Waals surface area contributed by atoms with Crippen molar-refractivity contribution in [2.24, 2.45) is 7.05 Å². The Hall–Kier alpha value is -3.19. The topological polar surface area (TPSA) is 92.4 Å². The Labute approximate surface area is 170 Å². The van der Waals surface area contributed by atoms with Crippen molar-refractivity contribution >= 4 is 17.3 Å². The van der Waals surface area contributed by atoms with Crippen molar-refractivity contribution in [3.8, 4) is 0 Å². The van der Waals surface area contributed by atoms with Gasteiger partial charge in [-0.1, -0.05) is 12.1 Å². The highest BCUT2D eigenvalue weighted by Gasteiger charge is 2.23. The van der Waals surface area contributed by atoms with Crippen LogP contribution in [-0.2, 0) is 36.0 Å². The Bertz CT molecular complexity index is 988. The van der Waals surface area contributed by atoms with E-state index < -0.39 is 0 Å². The maximum atomic E-state index is 12.5. The number of nitrogen functional groups attached to an aromatic ring is 1. The number of anilines is 1. The summed E-state index contributed by atoms with van der Waals surface area (Å²) in [6, 6.07) is 5.76. The molecule has 152 valence electrons. The zero-order valence-electron chi connectivity index (χ0n) is 16.8. The molecule has 2 aromatic rings. The second-order valence-electron chi connectivity index (χ2n) is 7.35. The molecule has 1 aliphatic carbocycles. The van der Waals surface area contributed by atoms with E-state index in [1.54, 1.807) is 11.9 Å². The van der Waals surface area contributed by atoms with E-state index in [2.05, 4.69) is 4.57 Å². The summed E-state index contributed by atoms with van der Waals surface area (Å²) in [5.74, 6) is -0.394. The van der Waals surface area contributed by atoms with Gasteiger partial charge in [0.1, 0.15) is 12.4 Å². The number of aryl methyl sites for hydroxylation is 3. The van der Waals surface area contributed by atoms with Crippen molar-refractivity contribution in [1.82, 2.24) is 9.47 Å². The molecule has 0 aliphatic heterocycles. The lowest BCUT2D eigenvalue weighted by Gasteiger charge is -2.22. The molecule has 29 heavy (non-hydrogen) atoms. The van der Waals surface area contributed by atoms with Gasteiger partial charge in [-0.25, -0.2) is 9.13 Å². The zero-order chi connectivity index (χ0) is 21.0. The van der Waals surface area contributed by atoms with Crippen LogP contribution in [0.25, 0.3) is 0 Å². The first kappa shape index (κ1) is 20.5. The molecule has 1 aromatic heterocycles. The van der Waals surface area contributed by atoms with Crippen molar-refractivity contribution < 1.29 is 19.3 Å². The highest BCUT2D eigenvalue weighted by Crippen LogP contribution is 2.21. The van der Waals surface area contributed by atoms with Crippen LogP contribution >= 0.6 is 0 Å². The van der Waals surface area contributed by atoms with E-state index >= 15 is 0 Å². The molecule has 7 heteroatoms. The van der Waals surface area contributed by atoms with Gasteiger partial charge >= 0.3 is 0 Å². The lowest BCUT2D eigenvalue weighted by atomic mass is 9.93. The van der Waals surface area contributed by atoms with Crippen LogP contribution in [-0.4, -0.2) is 46.3 Å². The number of aromatic nitrogens is 2. The molecule has 0 bridgehead atoms. The first-order chi connectivity index (χ1) is 13.9. The Morgan fingerprint density at radius 3 is 2.69 bits per heavy atom. The second kappa shape index (κ2) is 8.87. The third-order valence-electron chi connectivity index (χ3n) is 5.05. The molecule has 0 unspecified atom stereocenters. The van der Waals surface area contributed by atoms with Gasteiger partial charge in [0.2, 0.25) is 12.1 Å². The van der Waals surface area contributed by atoms with Gasteiger partial charge < -0.3 is 15.7 Å². The van der Waals surface area contributed by atoms with E-state index in [4.69, 9.17) is 10.8 Å². The Morgan fingerprint density at radius 1 is 1.21 bits per heavy atom. The average Bonchev–Trinajstić information content (AvgIpc) is 3.10. The monoisotopic (exact) mass is 395 g/mol. The SMILES string of the molecule is CN(CCO)C1=CC(=O)C(Cc2ccc(N)c(CCn3cc[n+](C)c3)c2)=CC1=O. The number of rotatable bonds is 8. The second-order valence-corrected chi connectivity index (χ2v) is 7.35. The zero-order valence-corrected chi connectivity index (χ0v) is 16.8. The molecule has 7 nitrogen and oxygen atoms in total. The molecule has 3 rings (SSSR count). The molecule has 0 radical (unpaired) electrons. The Kier molecular flexibility index (Phi) is 6.29. The van der Waals surface area contributed by atoms with Crippen molar-refractivity contribution in [2.75, 3.05) is 25.9 Å². The third-order valence-corrected chi connectivity index (χ3v) is 5.05. The Balaban J connectivity index is 1.71. The van der Waals surface area contributed by atoms with Gasteiger partial charge in [-0.2, -0.15) is 0 Å². The van der Waals surface area contributed by atoms with Crippen LogP contribution in [0.4, 0.5) is 5.69 Å². The summed E-state index contributed by atoms with van der Waals surface area (Å²) in [6.07, 6.45) is 9.92. The van der Waals surface area contributed by atoms with Crippen LogP contribution in [0.1, 0.15) is 11.1 Å². The van der Waals surface area contributed by atoms with Gasteiger partial charge in [0, 0.05) is 43.8 Å². The van der Waals surface area contributed by atoms with Gasteiger partial charge in [-0.3, -0.25) is 9.59 Å². The predicted molar refractivity (Wildman–Crippen MR) is 110 cm³/mol. The molecule has 1 aromatic carbocycles. The van der Waals surface area contributed by atoms with Gasteiger partial charge in [-0.15, -0.1) is 0 Å². The number of carbonyl (C=O) groups is 2. The van der Waals surface area contributed by atoms with Gasteiger partial charge in [0.05, 0.1) is 25.9 Å². The lowest BCUT2D eigenvalue weighted by molar-refractivity contribution is -0.671. The van der Waals surface area contributed by atoms with E-state index in [9.17, 15) is 9.59 Å². The first-order valence-corrected chi connectivity index (χ1v) is 9.58. The van der Waals surface area contributed by atoms with Crippen LogP contribution in [0, 0.1) is 0 Å². The van der Waals surface area contributed by atoms with Gasteiger partial charge in [0.15, 0.2) is 5.78 Å². The van der Waals surface area contributed by atoms with Crippen LogP contribution in [0.3, 0.4) is 0 Å². The maximum Gasteiger partial charge on any atom is 0.243 e. The molecule has 3 N–H and O–H groups in total. The number of ketones is 2. The summed E-state index contributed by atoms with van der Waals surface area (Å²) in [6.45, 7) is 1.02. The molecular formula is C22H27N4O3+. The number of nitrogens with zero attached hydrogens (tertiary/aromatic N) is 3. The number of aliphatic hydroxyl groups is 1. The number of benzene rings is 1. The van der Waals surface area contributed by atoms with Crippen LogP contribution in [0.15, 0.2) is 60.3 Å². The fourth-order valence-corrected chi connectivity index (χ4v) is 3.39. The summed E-state index contributed by atoms with van der Waals surface area (Å²) in [4.78, 5) is 26.5. The lowest BCUT2D eigenvalue weighted by Crippen LogP contribution is -2.29. The van der Waals surface area contributed by atoms with E-state index in [0.717, 1.165) is 29.8 Å². The number of aliphatic hydroxyl groups excluding tert-OH is 1. The van der Waals surface area contributed by atoms with Crippen molar-refractivity contribution in [3.05, 3.63) is 71.5 Å². The molecule has 1 aliphatic rings. The van der Waals surface area contributed by atoms with Crippen LogP contribution < -0.4 is 10.3 Å². The van der Waals surface area contributed by atoms with Crippen LogP contribution in [0.2, 0.25) is 0 Å². The standard InChI is InChI=1S/C22H27N4O3/c1-24-7-8-26(15-24)6-5-17-11-16(3-4-19(17)23)12-18-13-22(29)20(14-21(18)28)25(2)9-10-27/h3-4,7-8,11,13-15,27H,5-6,9-10,12,23H2,1-2H3/q+1. The quantitative estimate of drug-likeness (QED) is 0.387. The summed E-state index contributed by atoms with van der Waals surface area (Å²) < 4.78 is 4.07. The number of nitrogens with two attached hydrogens (primary N) is 1. The van der Waals surface area contributed by atoms with Crippen molar-refractivity contribution in [3.63, 3.8) is 0 Å². The summed E-state index contributed by atoms with van der Waals surface area (Å²) in [7, 11) is 3.66. The maximum absolute atomic E-state index is 12.5. The minimum absolute atomic E-state index is 0.0820. The number of carbonyl (C=O) groups excluding carboxylic acids is 2. The fraction of sp³-hybridized carbons (Fsp3) is 0.318. The molecule has 0 saturated heterocycles. The molecule has 0 fully saturated rings. The van der Waals surface area contributed by atoms with E-state index in [-0.39, 0.29) is 18.2 Å². The Morgan fingerprint density at radius 2 is 2.00 bits per heavy atom. The number of hydrogen-bond donors (Lipinski definition) is 2. The number of imidazole rings is 1. The molecule has 1 heterocycles. The van der Waals surface area contributed by atoms with Crippen molar-refractivity contribution in [2.45, 2.75) is 19.4 Å². The smallest absolute Gasteiger partial charge is 0.243 e. The first-order valence-electron chi connectivity index (χ1n) is 9.58. The van der Waals surface area contributed by atoms with Crippen molar-refractivity contribution in [1.29, 1.82) is 0 Å². The largest absolute Gasteiger partial charge is 0.399 e. The molecule has 0 spiro atoms. The molecular weight excluding hydrogens is 368 g/mol. The molecule has 0 saturated carbocycles. The van der Waals surface area contributed by atoms with Crippen LogP contribution in [0.5, 0.6) is 0 Å². The molecule has 0 atom stereocenters. The fourth-order valence-electron chi connectivity index (χ4n) is 3.39. The molecule has 0 amide bonds. The number of allylic oxidation sites excluding steroid dienone is 3. The van der Waals surface area contributed by atoms with Gasteiger partial charge in [-0.05, 0) is 23.3 Å². The minimum atomic E-state index is -0.216. The summed E-state index contributed by atoms with van der Waals surface area (Å²) >= 11 is 0. The number of likely N-dealkylation sites (N-methyl/N-ethyl adjacent to an activating group) is 1. The van der Waals surface area contributed by atoms with E-state index in [1.807, 2.05) is 48.5 Å². The highest BCUT2D eigenvalue weighted by atomic mass is 16.3. The number of hydrogen-bond acceptors (Lipinski definition) is 5. The third kappa shape index (κ3) is 5.00. The highest BCUT2D eigenvalue weighted by molar-refractivity contribution is 6.19. The summed E-state index contributed by atoms with van der Waals surface area (Å²) in [5, 5.41) is 9.04. The van der Waals surface area contributed by atoms with E-state index in [1.165, 1.54) is 12.2 Å². The summed E-state index contributed by atoms with van der Waals surface area (Å²) in [5.41, 5.74) is 9.60. The predicted octanol–water partition coefficient (Wildman–Crippen LogP) is 0.566. The average molecular weight is 395 g/mol. The minimum Gasteiger partial charge on any atom is -0.399 e.